The summed E-state index contributed by atoms with van der Waals surface area (Å²) in [5, 5.41) is 3.92. The van der Waals surface area contributed by atoms with Crippen LogP contribution >= 0.6 is 0 Å². The Labute approximate surface area is 212 Å². The first-order valence-corrected chi connectivity index (χ1v) is 11.9. The molecule has 2 aromatic heterocycles. The van der Waals surface area contributed by atoms with Crippen molar-refractivity contribution in [2.45, 2.75) is 25.7 Å². The molecule has 10 heteroatoms. The number of aromatic nitrogens is 3. The van der Waals surface area contributed by atoms with Gasteiger partial charge in [0.15, 0.2) is 11.3 Å². The lowest BCUT2D eigenvalue weighted by molar-refractivity contribution is -0.142. The summed E-state index contributed by atoms with van der Waals surface area (Å²) in [5.41, 5.74) is 0.679. The fourth-order valence-corrected chi connectivity index (χ4v) is 4.70. The van der Waals surface area contributed by atoms with Gasteiger partial charge in [0, 0.05) is 37.8 Å². The maximum Gasteiger partial charge on any atom is 0.433 e. The first-order chi connectivity index (χ1) is 17.7. The van der Waals surface area contributed by atoms with Crippen LogP contribution in [0, 0.1) is 0 Å². The lowest BCUT2D eigenvalue weighted by atomic mass is 10.1. The molecule has 1 aliphatic rings. The first kappa shape index (κ1) is 24.8. The molecule has 3 heterocycles. The lowest BCUT2D eigenvalue weighted by Gasteiger charge is -2.39. The highest BCUT2D eigenvalue weighted by atomic mass is 19.4. The van der Waals surface area contributed by atoms with E-state index in [0.29, 0.717) is 35.5 Å². The zero-order chi connectivity index (χ0) is 26.2. The van der Waals surface area contributed by atoms with E-state index >= 15 is 0 Å². The molecule has 37 heavy (non-hydrogen) atoms. The predicted molar refractivity (Wildman–Crippen MR) is 132 cm³/mol. The number of ether oxygens (including phenoxy) is 1. The molecule has 0 spiro atoms. The Morgan fingerprint density at radius 3 is 2.46 bits per heavy atom. The third kappa shape index (κ3) is 5.01. The summed E-state index contributed by atoms with van der Waals surface area (Å²) in [6, 6.07) is 17.4. The summed E-state index contributed by atoms with van der Waals surface area (Å²) in [4.78, 5) is 22.0. The highest BCUT2D eigenvalue weighted by molar-refractivity contribution is 6.00. The molecule has 192 valence electrons. The van der Waals surface area contributed by atoms with Crippen LogP contribution < -0.4 is 4.74 Å². The maximum atomic E-state index is 14.0. The number of fused-ring (bicyclic) bond motifs is 1. The quantitative estimate of drug-likeness (QED) is 0.388. The first-order valence-electron chi connectivity index (χ1n) is 11.9. The van der Waals surface area contributed by atoms with Crippen LogP contribution in [-0.2, 0) is 12.7 Å². The molecule has 2 aromatic carbocycles. The van der Waals surface area contributed by atoms with E-state index in [4.69, 9.17) is 4.74 Å². The molecular weight excluding hydrogens is 483 g/mol. The molecule has 0 radical (unpaired) electrons. The van der Waals surface area contributed by atoms with E-state index in [-0.39, 0.29) is 28.9 Å². The normalized spacial score (nSPS) is 16.8. The molecule has 0 unspecified atom stereocenters. The number of hydrogen-bond donors (Lipinski definition) is 0. The molecule has 1 amide bonds. The van der Waals surface area contributed by atoms with Gasteiger partial charge in [-0.15, -0.1) is 0 Å². The molecule has 0 aliphatic carbocycles. The number of methoxy groups -OCH3 is 1. The molecule has 5 rings (SSSR count). The van der Waals surface area contributed by atoms with Crippen molar-refractivity contribution < 1.29 is 22.7 Å². The topological polar surface area (TPSA) is 63.0 Å². The Kier molecular flexibility index (Phi) is 6.59. The van der Waals surface area contributed by atoms with Crippen LogP contribution in [0.25, 0.3) is 16.9 Å². The van der Waals surface area contributed by atoms with E-state index in [1.165, 1.54) is 18.9 Å². The Morgan fingerprint density at radius 1 is 1.08 bits per heavy atom. The van der Waals surface area contributed by atoms with Gasteiger partial charge in [-0.2, -0.15) is 18.3 Å². The fraction of sp³-hybridized carbons (Fsp3) is 0.296. The van der Waals surface area contributed by atoms with Gasteiger partial charge >= 0.3 is 6.18 Å². The molecule has 1 fully saturated rings. The van der Waals surface area contributed by atoms with Gasteiger partial charge in [-0.05, 0) is 42.8 Å². The van der Waals surface area contributed by atoms with Crippen molar-refractivity contribution in [3.05, 3.63) is 83.7 Å². The monoisotopic (exact) mass is 509 g/mol. The smallest absolute Gasteiger partial charge is 0.433 e. The van der Waals surface area contributed by atoms with Gasteiger partial charge in [-0.25, -0.2) is 9.50 Å². The van der Waals surface area contributed by atoms with Crippen molar-refractivity contribution in [3.63, 3.8) is 0 Å². The number of carbonyl (C=O) groups excluding carboxylic acids is 1. The number of rotatable bonds is 5. The SMILES string of the molecule is COc1ccc(-c2cc(C(F)(F)F)n3ncc(C(=O)N4CCN(Cc5ccccc5)C[C@@H]4C)c3n2)cc1. The van der Waals surface area contributed by atoms with Crippen LogP contribution in [0.3, 0.4) is 0 Å². The number of amides is 1. The Morgan fingerprint density at radius 2 is 1.81 bits per heavy atom. The van der Waals surface area contributed by atoms with E-state index < -0.39 is 11.9 Å². The number of benzene rings is 2. The zero-order valence-corrected chi connectivity index (χ0v) is 20.4. The summed E-state index contributed by atoms with van der Waals surface area (Å²) in [6.07, 6.45) is -3.51. The third-order valence-corrected chi connectivity index (χ3v) is 6.60. The number of nitrogens with zero attached hydrogens (tertiary/aromatic N) is 5. The lowest BCUT2D eigenvalue weighted by Crippen LogP contribution is -2.53. The van der Waals surface area contributed by atoms with Gasteiger partial charge in [0.2, 0.25) is 0 Å². The van der Waals surface area contributed by atoms with Crippen molar-refractivity contribution in [1.82, 2.24) is 24.4 Å². The van der Waals surface area contributed by atoms with Crippen LogP contribution in [-0.4, -0.2) is 63.1 Å². The van der Waals surface area contributed by atoms with E-state index in [1.54, 1.807) is 29.2 Å². The molecule has 7 nitrogen and oxygen atoms in total. The number of halogens is 3. The summed E-state index contributed by atoms with van der Waals surface area (Å²) in [5.74, 6) is 0.191. The molecule has 0 N–H and O–H groups in total. The largest absolute Gasteiger partial charge is 0.497 e. The minimum absolute atomic E-state index is 0.0456. The Balaban J connectivity index is 1.45. The second kappa shape index (κ2) is 9.85. The molecule has 1 atom stereocenters. The van der Waals surface area contributed by atoms with Gasteiger partial charge in [0.05, 0.1) is 19.0 Å². The standard InChI is InChI=1S/C27H26F3N5O2/c1-18-16-33(17-19-6-4-3-5-7-19)12-13-34(18)26(36)22-15-31-35-24(27(28,29)30)14-23(32-25(22)35)20-8-10-21(37-2)11-9-20/h3-11,14-15,18H,12-13,16-17H2,1-2H3/t18-/m0/s1. The van der Waals surface area contributed by atoms with E-state index in [1.807, 2.05) is 25.1 Å². The van der Waals surface area contributed by atoms with Crippen molar-refractivity contribution in [2.24, 2.45) is 0 Å². The van der Waals surface area contributed by atoms with Gasteiger partial charge in [0.1, 0.15) is 11.3 Å². The number of hydrogen-bond acceptors (Lipinski definition) is 5. The average Bonchev–Trinajstić information content (AvgIpc) is 3.32. The minimum Gasteiger partial charge on any atom is -0.497 e. The maximum absolute atomic E-state index is 14.0. The van der Waals surface area contributed by atoms with Gasteiger partial charge in [-0.1, -0.05) is 30.3 Å². The summed E-state index contributed by atoms with van der Waals surface area (Å²) < 4.78 is 47.8. The summed E-state index contributed by atoms with van der Waals surface area (Å²) >= 11 is 0. The van der Waals surface area contributed by atoms with Crippen molar-refractivity contribution >= 4 is 11.6 Å². The van der Waals surface area contributed by atoms with Crippen LogP contribution in [0.5, 0.6) is 5.75 Å². The average molecular weight is 510 g/mol. The van der Waals surface area contributed by atoms with Crippen LogP contribution in [0.15, 0.2) is 66.9 Å². The van der Waals surface area contributed by atoms with E-state index in [0.717, 1.165) is 12.6 Å². The minimum atomic E-state index is -4.69. The third-order valence-electron chi connectivity index (χ3n) is 6.60. The second-order valence-electron chi connectivity index (χ2n) is 9.11. The second-order valence-corrected chi connectivity index (χ2v) is 9.11. The fourth-order valence-electron chi connectivity index (χ4n) is 4.70. The highest BCUT2D eigenvalue weighted by Crippen LogP contribution is 2.33. The van der Waals surface area contributed by atoms with Crippen molar-refractivity contribution in [2.75, 3.05) is 26.7 Å². The van der Waals surface area contributed by atoms with Crippen molar-refractivity contribution in [1.29, 1.82) is 0 Å². The molecule has 1 saturated heterocycles. The van der Waals surface area contributed by atoms with Crippen molar-refractivity contribution in [3.8, 4) is 17.0 Å². The predicted octanol–water partition coefficient (Wildman–Crippen LogP) is 4.77. The van der Waals surface area contributed by atoms with Crippen LogP contribution in [0.2, 0.25) is 0 Å². The van der Waals surface area contributed by atoms with Crippen LogP contribution in [0.4, 0.5) is 13.2 Å². The Bertz CT molecular complexity index is 1400. The van der Waals surface area contributed by atoms with E-state index in [9.17, 15) is 18.0 Å². The molecule has 1 aliphatic heterocycles. The number of carbonyl (C=O) groups is 1. The Hall–Kier alpha value is -3.92. The van der Waals surface area contributed by atoms with Gasteiger partial charge in [-0.3, -0.25) is 9.69 Å². The summed E-state index contributed by atoms with van der Waals surface area (Å²) in [6.45, 7) is 4.47. The van der Waals surface area contributed by atoms with Crippen LogP contribution in [0.1, 0.15) is 28.5 Å². The molecule has 4 aromatic rings. The molecular formula is C27H26F3N5O2. The number of piperazine rings is 1. The van der Waals surface area contributed by atoms with E-state index in [2.05, 4.69) is 27.1 Å². The van der Waals surface area contributed by atoms with Gasteiger partial charge < -0.3 is 9.64 Å². The zero-order valence-electron chi connectivity index (χ0n) is 20.4. The number of alkyl halides is 3. The summed E-state index contributed by atoms with van der Waals surface area (Å²) in [7, 11) is 1.51. The molecule has 0 saturated carbocycles. The molecule has 0 bridgehead atoms. The van der Waals surface area contributed by atoms with Gasteiger partial charge in [0.25, 0.3) is 5.91 Å². The highest BCUT2D eigenvalue weighted by Gasteiger charge is 2.37.